The topological polar surface area (TPSA) is 78.4 Å². The zero-order chi connectivity index (χ0) is 13.2. The summed E-state index contributed by atoms with van der Waals surface area (Å²) in [6.07, 6.45) is 6.66. The van der Waals surface area contributed by atoms with Crippen LogP contribution >= 0.6 is 0 Å². The molecule has 0 aromatic carbocycles. The van der Waals surface area contributed by atoms with Gasteiger partial charge in [-0.2, -0.15) is 0 Å². The molecule has 0 spiro atoms. The van der Waals surface area contributed by atoms with E-state index in [-0.39, 0.29) is 18.6 Å². The minimum atomic E-state index is -0.165. The van der Waals surface area contributed by atoms with E-state index in [1.54, 1.807) is 17.3 Å². The smallest absolute Gasteiger partial charge is 0.247 e. The van der Waals surface area contributed by atoms with E-state index in [2.05, 4.69) is 15.3 Å². The Kier molecular flexibility index (Phi) is 3.33. The molecule has 2 N–H and O–H groups in total. The molecule has 1 amide bonds. The second-order valence-corrected chi connectivity index (χ2v) is 5.26. The number of nitrogens with one attached hydrogen (secondary N) is 1. The fraction of sp³-hybridized carbons (Fsp3) is 0.615. The van der Waals surface area contributed by atoms with E-state index in [9.17, 15) is 9.90 Å². The normalized spacial score (nSPS) is 26.8. The van der Waals surface area contributed by atoms with Crippen molar-refractivity contribution in [2.24, 2.45) is 5.92 Å². The van der Waals surface area contributed by atoms with Crippen LogP contribution in [0.2, 0.25) is 0 Å². The molecule has 1 saturated carbocycles. The van der Waals surface area contributed by atoms with Gasteiger partial charge in [-0.25, -0.2) is 9.97 Å². The number of carbonyl (C=O) groups excluding carboxylic acids is 1. The molecule has 0 bridgehead atoms. The van der Waals surface area contributed by atoms with Crippen LogP contribution in [0.1, 0.15) is 25.7 Å². The van der Waals surface area contributed by atoms with Gasteiger partial charge in [-0.05, 0) is 31.6 Å². The first-order valence-corrected chi connectivity index (χ1v) is 6.77. The Morgan fingerprint density at radius 2 is 2.00 bits per heavy atom. The number of hydrogen-bond acceptors (Lipinski definition) is 5. The van der Waals surface area contributed by atoms with E-state index < -0.39 is 0 Å². The number of amides is 1. The molecular formula is C13H18N4O2. The fourth-order valence-corrected chi connectivity index (χ4v) is 2.80. The van der Waals surface area contributed by atoms with E-state index in [0.29, 0.717) is 24.1 Å². The van der Waals surface area contributed by atoms with Crippen LogP contribution in [0.15, 0.2) is 12.4 Å². The Balaban J connectivity index is 1.75. The molecule has 6 nitrogen and oxygen atoms in total. The summed E-state index contributed by atoms with van der Waals surface area (Å²) in [5, 5.41) is 12.5. The van der Waals surface area contributed by atoms with Gasteiger partial charge in [0.05, 0.1) is 12.6 Å². The number of aliphatic hydroxyl groups excluding tert-OH is 1. The molecule has 0 unspecified atom stereocenters. The summed E-state index contributed by atoms with van der Waals surface area (Å²) < 4.78 is 0. The molecule has 0 atom stereocenters. The molecule has 1 aliphatic carbocycles. The molecule has 1 aromatic rings. The third-order valence-electron chi connectivity index (χ3n) is 3.90. The van der Waals surface area contributed by atoms with Crippen molar-refractivity contribution in [3.8, 4) is 0 Å². The average molecular weight is 262 g/mol. The lowest BCUT2D eigenvalue weighted by Gasteiger charge is -2.33. The highest BCUT2D eigenvalue weighted by Gasteiger charge is 2.29. The van der Waals surface area contributed by atoms with Gasteiger partial charge in [-0.15, -0.1) is 0 Å². The summed E-state index contributed by atoms with van der Waals surface area (Å²) in [4.78, 5) is 22.2. The highest BCUT2D eigenvalue weighted by molar-refractivity contribution is 6.00. The van der Waals surface area contributed by atoms with Crippen molar-refractivity contribution in [2.45, 2.75) is 31.8 Å². The third kappa shape index (κ3) is 2.53. The predicted molar refractivity (Wildman–Crippen MR) is 70.8 cm³/mol. The number of anilines is 2. The van der Waals surface area contributed by atoms with E-state index in [1.165, 1.54) is 0 Å². The molecule has 0 saturated heterocycles. The number of aliphatic hydroxyl groups is 1. The van der Waals surface area contributed by atoms with Crippen LogP contribution in [0.25, 0.3) is 0 Å². The Morgan fingerprint density at radius 3 is 2.79 bits per heavy atom. The molecule has 0 radical (unpaired) electrons. The maximum Gasteiger partial charge on any atom is 0.247 e. The Hall–Kier alpha value is -1.69. The van der Waals surface area contributed by atoms with E-state index in [1.807, 2.05) is 0 Å². The van der Waals surface area contributed by atoms with Crippen LogP contribution in [0.3, 0.4) is 0 Å². The lowest BCUT2D eigenvalue weighted by atomic mass is 9.87. The van der Waals surface area contributed by atoms with Crippen LogP contribution in [0.5, 0.6) is 0 Å². The minimum Gasteiger partial charge on any atom is -0.393 e. The average Bonchev–Trinajstić information content (AvgIpc) is 2.44. The van der Waals surface area contributed by atoms with Gasteiger partial charge in [0.2, 0.25) is 5.91 Å². The summed E-state index contributed by atoms with van der Waals surface area (Å²) in [7, 11) is 0. The highest BCUT2D eigenvalue weighted by atomic mass is 16.3. The summed E-state index contributed by atoms with van der Waals surface area (Å²) in [5.74, 6) is 1.79. The number of fused-ring (bicyclic) bond motifs is 1. The van der Waals surface area contributed by atoms with E-state index in [0.717, 1.165) is 25.7 Å². The second-order valence-electron chi connectivity index (χ2n) is 5.26. The van der Waals surface area contributed by atoms with Gasteiger partial charge in [0.25, 0.3) is 0 Å². The van der Waals surface area contributed by atoms with E-state index >= 15 is 0 Å². The van der Waals surface area contributed by atoms with Crippen LogP contribution in [-0.4, -0.2) is 40.2 Å². The van der Waals surface area contributed by atoms with Crippen LogP contribution in [0.4, 0.5) is 11.6 Å². The number of nitrogens with zero attached hydrogens (tertiary/aromatic N) is 3. The van der Waals surface area contributed by atoms with Crippen LogP contribution < -0.4 is 10.2 Å². The first kappa shape index (κ1) is 12.3. The Bertz CT molecular complexity index is 471. The van der Waals surface area contributed by atoms with Gasteiger partial charge >= 0.3 is 0 Å². The van der Waals surface area contributed by atoms with Gasteiger partial charge < -0.3 is 10.4 Å². The van der Waals surface area contributed by atoms with Gasteiger partial charge in [-0.3, -0.25) is 9.69 Å². The maximum atomic E-state index is 12.0. The zero-order valence-electron chi connectivity index (χ0n) is 10.7. The zero-order valence-corrected chi connectivity index (χ0v) is 10.7. The van der Waals surface area contributed by atoms with Crippen molar-refractivity contribution in [3.63, 3.8) is 0 Å². The lowest BCUT2D eigenvalue weighted by Crippen LogP contribution is -2.44. The van der Waals surface area contributed by atoms with Gasteiger partial charge in [0.1, 0.15) is 0 Å². The van der Waals surface area contributed by atoms with Gasteiger partial charge in [-0.1, -0.05) is 0 Å². The lowest BCUT2D eigenvalue weighted by molar-refractivity contribution is -0.117. The van der Waals surface area contributed by atoms with Crippen molar-refractivity contribution in [1.29, 1.82) is 0 Å². The Labute approximate surface area is 111 Å². The second kappa shape index (κ2) is 5.13. The number of hydrogen-bond donors (Lipinski definition) is 2. The monoisotopic (exact) mass is 262 g/mol. The standard InChI is InChI=1S/C13H18N4O2/c18-10-3-1-9(2-4-10)8-17-11(19)7-16-12-13(17)15-6-5-14-12/h5-6,9-10,18H,1-4,7-8H2,(H,14,16)/t9-,10-. The largest absolute Gasteiger partial charge is 0.393 e. The summed E-state index contributed by atoms with van der Waals surface area (Å²) in [6.45, 7) is 0.958. The van der Waals surface area contributed by atoms with Crippen LogP contribution in [0, 0.1) is 5.92 Å². The SMILES string of the molecule is O=C1CNc2nccnc2N1C[C@H]1CC[C@H](O)CC1. The highest BCUT2D eigenvalue weighted by Crippen LogP contribution is 2.29. The molecule has 102 valence electrons. The maximum absolute atomic E-state index is 12.0. The molecule has 1 fully saturated rings. The number of rotatable bonds is 2. The molecule has 2 heterocycles. The molecule has 3 rings (SSSR count). The summed E-state index contributed by atoms with van der Waals surface area (Å²) in [5.41, 5.74) is 0. The van der Waals surface area contributed by atoms with Crippen molar-refractivity contribution < 1.29 is 9.90 Å². The molecule has 6 heteroatoms. The first-order chi connectivity index (χ1) is 9.24. The molecule has 1 aliphatic heterocycles. The van der Waals surface area contributed by atoms with Crippen molar-refractivity contribution in [1.82, 2.24) is 9.97 Å². The van der Waals surface area contributed by atoms with Crippen LogP contribution in [-0.2, 0) is 4.79 Å². The molecular weight excluding hydrogens is 244 g/mol. The van der Waals surface area contributed by atoms with Crippen molar-refractivity contribution in [2.75, 3.05) is 23.3 Å². The summed E-state index contributed by atoms with van der Waals surface area (Å²) in [6, 6.07) is 0. The first-order valence-electron chi connectivity index (χ1n) is 6.77. The summed E-state index contributed by atoms with van der Waals surface area (Å²) >= 11 is 0. The molecule has 1 aromatic heterocycles. The van der Waals surface area contributed by atoms with E-state index in [4.69, 9.17) is 0 Å². The van der Waals surface area contributed by atoms with Crippen molar-refractivity contribution >= 4 is 17.5 Å². The number of aromatic nitrogens is 2. The quantitative estimate of drug-likeness (QED) is 0.823. The number of carbonyl (C=O) groups is 1. The van der Waals surface area contributed by atoms with Gasteiger partial charge in [0.15, 0.2) is 11.6 Å². The molecule has 19 heavy (non-hydrogen) atoms. The van der Waals surface area contributed by atoms with Crippen molar-refractivity contribution in [3.05, 3.63) is 12.4 Å². The third-order valence-corrected chi connectivity index (χ3v) is 3.90. The molecule has 2 aliphatic rings. The predicted octanol–water partition coefficient (Wildman–Crippen LogP) is 0.786. The van der Waals surface area contributed by atoms with Gasteiger partial charge in [0, 0.05) is 18.9 Å². The Morgan fingerprint density at radius 1 is 1.26 bits per heavy atom. The minimum absolute atomic E-state index is 0.0409. The fourth-order valence-electron chi connectivity index (χ4n) is 2.80.